The van der Waals surface area contributed by atoms with Crippen molar-refractivity contribution in [2.24, 2.45) is 12.8 Å². The number of hydrogen-bond donors (Lipinski definition) is 1. The molecule has 0 fully saturated rings. The SMILES string of the molecule is COC(=O)[C@@H](N)Cc1cccc2c(-c3c(CF)c4ccccc4n(C)c3=O)cccc12. The van der Waals surface area contributed by atoms with Crippen LogP contribution >= 0.6 is 0 Å². The molecule has 0 bridgehead atoms. The number of carbonyl (C=O) groups is 1. The van der Waals surface area contributed by atoms with Crippen LogP contribution in [0.4, 0.5) is 4.39 Å². The summed E-state index contributed by atoms with van der Waals surface area (Å²) in [6.07, 6.45) is 0.291. The molecule has 2 N–H and O–H groups in total. The largest absolute Gasteiger partial charge is 0.468 e. The average Bonchev–Trinajstić information content (AvgIpc) is 2.80. The van der Waals surface area contributed by atoms with Crippen LogP contribution in [-0.2, 0) is 29.7 Å². The molecule has 0 aliphatic rings. The Morgan fingerprint density at radius 3 is 2.45 bits per heavy atom. The van der Waals surface area contributed by atoms with Gasteiger partial charge < -0.3 is 15.0 Å². The second-order valence-electron chi connectivity index (χ2n) is 7.52. The van der Waals surface area contributed by atoms with Crippen LogP contribution in [0.5, 0.6) is 0 Å². The number of methoxy groups -OCH3 is 1. The van der Waals surface area contributed by atoms with E-state index in [1.165, 1.54) is 7.11 Å². The first-order valence-electron chi connectivity index (χ1n) is 9.99. The van der Waals surface area contributed by atoms with Crippen LogP contribution in [0, 0.1) is 0 Å². The van der Waals surface area contributed by atoms with Crippen molar-refractivity contribution in [3.8, 4) is 11.1 Å². The van der Waals surface area contributed by atoms with E-state index >= 15 is 0 Å². The van der Waals surface area contributed by atoms with Gasteiger partial charge in [-0.05, 0) is 34.4 Å². The fourth-order valence-electron chi connectivity index (χ4n) is 4.22. The van der Waals surface area contributed by atoms with Crippen molar-refractivity contribution < 1.29 is 13.9 Å². The van der Waals surface area contributed by atoms with Gasteiger partial charge in [0.1, 0.15) is 12.7 Å². The summed E-state index contributed by atoms with van der Waals surface area (Å²) in [6, 6.07) is 17.7. The second-order valence-corrected chi connectivity index (χ2v) is 7.52. The van der Waals surface area contributed by atoms with Crippen molar-refractivity contribution >= 4 is 27.6 Å². The second kappa shape index (κ2) is 8.32. The lowest BCUT2D eigenvalue weighted by atomic mass is 9.91. The van der Waals surface area contributed by atoms with Gasteiger partial charge in [-0.3, -0.25) is 9.59 Å². The van der Waals surface area contributed by atoms with Crippen LogP contribution in [0.25, 0.3) is 32.8 Å². The number of benzene rings is 3. The lowest BCUT2D eigenvalue weighted by molar-refractivity contribution is -0.142. The molecule has 0 amide bonds. The van der Waals surface area contributed by atoms with Gasteiger partial charge in [-0.25, -0.2) is 4.39 Å². The highest BCUT2D eigenvalue weighted by Crippen LogP contribution is 2.34. The Hall–Kier alpha value is -3.51. The zero-order chi connectivity index (χ0) is 22.1. The average molecular weight is 418 g/mol. The Balaban J connectivity index is 1.99. The molecule has 5 nitrogen and oxygen atoms in total. The van der Waals surface area contributed by atoms with Crippen LogP contribution in [0.2, 0.25) is 0 Å². The number of carbonyl (C=O) groups excluding carboxylic acids is 1. The third-order valence-corrected chi connectivity index (χ3v) is 5.77. The molecule has 6 heteroatoms. The molecule has 0 unspecified atom stereocenters. The first-order chi connectivity index (χ1) is 15.0. The molecule has 0 aliphatic carbocycles. The van der Waals surface area contributed by atoms with Crippen molar-refractivity contribution in [2.45, 2.75) is 19.1 Å². The van der Waals surface area contributed by atoms with Gasteiger partial charge in [-0.15, -0.1) is 0 Å². The molecule has 0 spiro atoms. The normalized spacial score (nSPS) is 12.3. The Labute approximate surface area is 178 Å². The lowest BCUT2D eigenvalue weighted by Crippen LogP contribution is -2.33. The summed E-state index contributed by atoms with van der Waals surface area (Å²) in [7, 11) is 3.00. The summed E-state index contributed by atoms with van der Waals surface area (Å²) in [4.78, 5) is 25.1. The smallest absolute Gasteiger partial charge is 0.322 e. The number of alkyl halides is 1. The van der Waals surface area contributed by atoms with Gasteiger partial charge in [0, 0.05) is 18.0 Å². The highest BCUT2D eigenvalue weighted by atomic mass is 19.1. The standard InChI is InChI=1S/C25H23FN2O3/c1-28-22-12-4-3-8-18(22)20(14-26)23(24(28)29)19-11-6-9-16-15(7-5-10-17(16)19)13-21(27)25(30)31-2/h3-12,21H,13-14,27H2,1-2H3/t21-/m0/s1. The number of aromatic nitrogens is 1. The molecular formula is C25H23FN2O3. The fraction of sp³-hybridized carbons (Fsp3) is 0.200. The lowest BCUT2D eigenvalue weighted by Gasteiger charge is -2.17. The van der Waals surface area contributed by atoms with Gasteiger partial charge in [0.25, 0.3) is 5.56 Å². The summed E-state index contributed by atoms with van der Waals surface area (Å²) in [6.45, 7) is -0.755. The number of ether oxygens (including phenoxy) is 1. The molecule has 3 aromatic carbocycles. The Kier molecular flexibility index (Phi) is 5.57. The molecule has 1 atom stereocenters. The molecule has 31 heavy (non-hydrogen) atoms. The molecule has 0 aliphatic heterocycles. The molecule has 0 saturated heterocycles. The van der Waals surface area contributed by atoms with Crippen LogP contribution in [0.15, 0.2) is 65.5 Å². The minimum absolute atomic E-state index is 0.254. The van der Waals surface area contributed by atoms with Crippen molar-refractivity contribution in [1.29, 1.82) is 0 Å². The zero-order valence-electron chi connectivity index (χ0n) is 17.4. The molecule has 0 radical (unpaired) electrons. The number of fused-ring (bicyclic) bond motifs is 2. The van der Waals surface area contributed by atoms with E-state index < -0.39 is 18.7 Å². The number of para-hydroxylation sites is 1. The quantitative estimate of drug-likeness (QED) is 0.499. The minimum Gasteiger partial charge on any atom is -0.468 e. The summed E-state index contributed by atoms with van der Waals surface area (Å²) in [5.74, 6) is -0.490. The molecule has 158 valence electrons. The van der Waals surface area contributed by atoms with E-state index in [1.54, 1.807) is 11.6 Å². The number of nitrogens with two attached hydrogens (primary N) is 1. The summed E-state index contributed by atoms with van der Waals surface area (Å²) < 4.78 is 20.6. The zero-order valence-corrected chi connectivity index (χ0v) is 17.4. The molecule has 4 aromatic rings. The van der Waals surface area contributed by atoms with Crippen LogP contribution in [-0.4, -0.2) is 23.7 Å². The molecule has 0 saturated carbocycles. The summed E-state index contributed by atoms with van der Waals surface area (Å²) >= 11 is 0. The van der Waals surface area contributed by atoms with Crippen molar-refractivity contribution in [2.75, 3.05) is 7.11 Å². The number of rotatable bonds is 5. The molecule has 1 aromatic heterocycles. The van der Waals surface area contributed by atoms with Crippen molar-refractivity contribution in [3.63, 3.8) is 0 Å². The highest BCUT2D eigenvalue weighted by molar-refractivity contribution is 6.01. The number of pyridine rings is 1. The van der Waals surface area contributed by atoms with Gasteiger partial charge in [0.05, 0.1) is 18.2 Å². The predicted octanol–water partition coefficient (Wildman–Crippen LogP) is 3.87. The van der Waals surface area contributed by atoms with E-state index in [0.717, 1.165) is 16.3 Å². The fourth-order valence-corrected chi connectivity index (χ4v) is 4.22. The Morgan fingerprint density at radius 2 is 1.71 bits per heavy atom. The maximum Gasteiger partial charge on any atom is 0.322 e. The van der Waals surface area contributed by atoms with Gasteiger partial charge in [0.15, 0.2) is 0 Å². The highest BCUT2D eigenvalue weighted by Gasteiger charge is 2.20. The van der Waals surface area contributed by atoms with Gasteiger partial charge in [-0.2, -0.15) is 0 Å². The van der Waals surface area contributed by atoms with E-state index in [2.05, 4.69) is 0 Å². The molecule has 1 heterocycles. The topological polar surface area (TPSA) is 74.3 Å². The number of esters is 1. The van der Waals surface area contributed by atoms with E-state index in [1.807, 2.05) is 60.7 Å². The first-order valence-corrected chi connectivity index (χ1v) is 9.99. The Bertz CT molecular complexity index is 1360. The third kappa shape index (κ3) is 3.49. The summed E-state index contributed by atoms with van der Waals surface area (Å²) in [5, 5.41) is 2.38. The van der Waals surface area contributed by atoms with Crippen molar-refractivity contribution in [1.82, 2.24) is 4.57 Å². The van der Waals surface area contributed by atoms with E-state index in [0.29, 0.717) is 34.0 Å². The van der Waals surface area contributed by atoms with Gasteiger partial charge in [0.2, 0.25) is 0 Å². The third-order valence-electron chi connectivity index (χ3n) is 5.77. The van der Waals surface area contributed by atoms with E-state index in [9.17, 15) is 14.0 Å². The minimum atomic E-state index is -0.797. The Morgan fingerprint density at radius 1 is 1.03 bits per heavy atom. The number of hydrogen-bond acceptors (Lipinski definition) is 4. The first kappa shape index (κ1) is 20.8. The van der Waals surface area contributed by atoms with Crippen LogP contribution < -0.4 is 11.3 Å². The maximum atomic E-state index is 14.3. The number of nitrogens with zero attached hydrogens (tertiary/aromatic N) is 1. The van der Waals surface area contributed by atoms with Crippen LogP contribution in [0.3, 0.4) is 0 Å². The number of halogens is 1. The predicted molar refractivity (Wildman–Crippen MR) is 121 cm³/mol. The molecular weight excluding hydrogens is 395 g/mol. The van der Waals surface area contributed by atoms with Gasteiger partial charge in [-0.1, -0.05) is 54.6 Å². The maximum absolute atomic E-state index is 14.3. The van der Waals surface area contributed by atoms with E-state index in [4.69, 9.17) is 10.5 Å². The number of aryl methyl sites for hydroxylation is 1. The van der Waals surface area contributed by atoms with Crippen molar-refractivity contribution in [3.05, 3.63) is 82.1 Å². The molecule has 4 rings (SSSR count). The summed E-state index contributed by atoms with van der Waals surface area (Å²) in [5.41, 5.74) is 8.65. The van der Waals surface area contributed by atoms with Gasteiger partial charge >= 0.3 is 5.97 Å². The monoisotopic (exact) mass is 418 g/mol. The van der Waals surface area contributed by atoms with Crippen LogP contribution in [0.1, 0.15) is 11.1 Å². The van der Waals surface area contributed by atoms with E-state index in [-0.39, 0.29) is 5.56 Å².